The summed E-state index contributed by atoms with van der Waals surface area (Å²) in [6.45, 7) is 1.02. The standard InChI is InChI=1S/C18H14N4O3S/c23-18-12-3-1-2-4-13(12)19-17(14-10-26-21-20-14)22(18)11-5-6-15-16(9-11)25-8-7-24-15/h1-6,9-10,17,19H,7-8H2/t17-/m0/s1. The van der Waals surface area contributed by atoms with E-state index in [1.807, 2.05) is 47.8 Å². The van der Waals surface area contributed by atoms with Gasteiger partial charge in [-0.1, -0.05) is 16.6 Å². The van der Waals surface area contributed by atoms with Gasteiger partial charge in [-0.3, -0.25) is 9.69 Å². The van der Waals surface area contributed by atoms with Crippen molar-refractivity contribution in [3.05, 3.63) is 59.1 Å². The van der Waals surface area contributed by atoms with E-state index < -0.39 is 6.17 Å². The summed E-state index contributed by atoms with van der Waals surface area (Å²) in [7, 11) is 0. The summed E-state index contributed by atoms with van der Waals surface area (Å²) in [6.07, 6.45) is -0.446. The monoisotopic (exact) mass is 366 g/mol. The summed E-state index contributed by atoms with van der Waals surface area (Å²) < 4.78 is 15.2. The molecular formula is C18H14N4O3S. The molecule has 1 atom stereocenters. The number of aromatic nitrogens is 2. The summed E-state index contributed by atoms with van der Waals surface area (Å²) in [5, 5.41) is 9.40. The van der Waals surface area contributed by atoms with Gasteiger partial charge in [0.25, 0.3) is 5.91 Å². The van der Waals surface area contributed by atoms with Crippen LogP contribution in [0.2, 0.25) is 0 Å². The number of anilines is 2. The fourth-order valence-electron chi connectivity index (χ4n) is 3.20. The van der Waals surface area contributed by atoms with Crippen LogP contribution in [-0.2, 0) is 0 Å². The first-order valence-electron chi connectivity index (χ1n) is 8.17. The number of hydrogen-bond acceptors (Lipinski definition) is 7. The molecule has 0 unspecified atom stereocenters. The largest absolute Gasteiger partial charge is 0.486 e. The number of benzene rings is 2. The van der Waals surface area contributed by atoms with Gasteiger partial charge in [-0.25, -0.2) is 0 Å². The smallest absolute Gasteiger partial charge is 0.262 e. The van der Waals surface area contributed by atoms with E-state index in [0.717, 1.165) is 5.69 Å². The second kappa shape index (κ2) is 5.99. The highest BCUT2D eigenvalue weighted by atomic mass is 32.1. The third-order valence-electron chi connectivity index (χ3n) is 4.39. The Balaban J connectivity index is 1.63. The highest BCUT2D eigenvalue weighted by Crippen LogP contribution is 2.40. The predicted molar refractivity (Wildman–Crippen MR) is 97.0 cm³/mol. The zero-order chi connectivity index (χ0) is 17.5. The third-order valence-corrected chi connectivity index (χ3v) is 4.91. The summed E-state index contributed by atoms with van der Waals surface area (Å²) >= 11 is 1.25. The number of fused-ring (bicyclic) bond motifs is 2. The Kier molecular flexibility index (Phi) is 3.49. The van der Waals surface area contributed by atoms with Crippen molar-refractivity contribution in [1.29, 1.82) is 0 Å². The van der Waals surface area contributed by atoms with Crippen LogP contribution in [0, 0.1) is 0 Å². The van der Waals surface area contributed by atoms with Crippen LogP contribution >= 0.6 is 11.5 Å². The van der Waals surface area contributed by atoms with Gasteiger partial charge in [-0.15, -0.1) is 5.10 Å². The van der Waals surface area contributed by atoms with Crippen molar-refractivity contribution < 1.29 is 14.3 Å². The quantitative estimate of drug-likeness (QED) is 0.751. The minimum atomic E-state index is -0.446. The molecule has 7 nitrogen and oxygen atoms in total. The van der Waals surface area contributed by atoms with Crippen LogP contribution in [0.4, 0.5) is 11.4 Å². The van der Waals surface area contributed by atoms with Crippen molar-refractivity contribution in [2.24, 2.45) is 0 Å². The molecule has 1 aromatic heterocycles. The van der Waals surface area contributed by atoms with Gasteiger partial charge in [0.15, 0.2) is 17.7 Å². The number of rotatable bonds is 2. The van der Waals surface area contributed by atoms with Gasteiger partial charge in [0.05, 0.1) is 11.3 Å². The van der Waals surface area contributed by atoms with E-state index in [1.165, 1.54) is 11.5 Å². The molecule has 0 spiro atoms. The van der Waals surface area contributed by atoms with E-state index in [0.29, 0.717) is 41.7 Å². The molecule has 26 heavy (non-hydrogen) atoms. The fourth-order valence-corrected chi connectivity index (χ4v) is 3.67. The Hall–Kier alpha value is -3.13. The van der Waals surface area contributed by atoms with Gasteiger partial charge in [0.2, 0.25) is 0 Å². The van der Waals surface area contributed by atoms with E-state index in [2.05, 4.69) is 14.9 Å². The maximum Gasteiger partial charge on any atom is 0.262 e. The molecule has 2 aliphatic rings. The highest BCUT2D eigenvalue weighted by molar-refractivity contribution is 7.03. The first-order chi connectivity index (χ1) is 12.8. The molecule has 1 N–H and O–H groups in total. The van der Waals surface area contributed by atoms with Gasteiger partial charge in [0, 0.05) is 17.1 Å². The molecule has 0 saturated heterocycles. The van der Waals surface area contributed by atoms with Crippen molar-refractivity contribution >= 4 is 28.8 Å². The Morgan fingerprint density at radius 3 is 2.81 bits per heavy atom. The molecule has 0 fully saturated rings. The lowest BCUT2D eigenvalue weighted by atomic mass is 10.1. The van der Waals surface area contributed by atoms with Crippen LogP contribution in [0.3, 0.4) is 0 Å². The molecule has 0 radical (unpaired) electrons. The minimum absolute atomic E-state index is 0.103. The molecule has 2 aromatic carbocycles. The fraction of sp³-hybridized carbons (Fsp3) is 0.167. The van der Waals surface area contributed by atoms with Crippen molar-refractivity contribution in [2.45, 2.75) is 6.17 Å². The van der Waals surface area contributed by atoms with E-state index in [9.17, 15) is 4.79 Å². The summed E-state index contributed by atoms with van der Waals surface area (Å²) in [6, 6.07) is 13.0. The van der Waals surface area contributed by atoms with Gasteiger partial charge in [-0.05, 0) is 35.8 Å². The molecule has 0 aliphatic carbocycles. The molecule has 3 aromatic rings. The second-order valence-electron chi connectivity index (χ2n) is 5.93. The topological polar surface area (TPSA) is 76.6 Å². The Labute approximate surface area is 153 Å². The molecular weight excluding hydrogens is 352 g/mol. The normalized spacial score (nSPS) is 18.2. The third kappa shape index (κ3) is 2.38. The van der Waals surface area contributed by atoms with Gasteiger partial charge >= 0.3 is 0 Å². The maximum atomic E-state index is 13.3. The van der Waals surface area contributed by atoms with E-state index in [-0.39, 0.29) is 5.91 Å². The first-order valence-corrected chi connectivity index (χ1v) is 9.00. The van der Waals surface area contributed by atoms with E-state index >= 15 is 0 Å². The number of ether oxygens (including phenoxy) is 2. The Morgan fingerprint density at radius 1 is 1.12 bits per heavy atom. The summed E-state index contributed by atoms with van der Waals surface area (Å²) in [5.41, 5.74) is 2.79. The van der Waals surface area contributed by atoms with Gasteiger partial charge < -0.3 is 14.8 Å². The lowest BCUT2D eigenvalue weighted by molar-refractivity contribution is 0.0974. The van der Waals surface area contributed by atoms with Crippen LogP contribution < -0.4 is 19.7 Å². The Morgan fingerprint density at radius 2 is 1.96 bits per heavy atom. The molecule has 8 heteroatoms. The minimum Gasteiger partial charge on any atom is -0.486 e. The summed E-state index contributed by atoms with van der Waals surface area (Å²) in [5.74, 6) is 1.22. The average Bonchev–Trinajstić information content (AvgIpc) is 3.22. The number of nitrogens with zero attached hydrogens (tertiary/aromatic N) is 3. The van der Waals surface area contributed by atoms with Crippen LogP contribution in [0.25, 0.3) is 0 Å². The lowest BCUT2D eigenvalue weighted by Crippen LogP contribution is -2.43. The molecule has 3 heterocycles. The molecule has 0 bridgehead atoms. The molecule has 5 rings (SSSR count). The number of amides is 1. The number of carbonyl (C=O) groups excluding carboxylic acids is 1. The van der Waals surface area contributed by atoms with Gasteiger partial charge in [0.1, 0.15) is 18.9 Å². The number of hydrogen-bond donors (Lipinski definition) is 1. The maximum absolute atomic E-state index is 13.3. The molecule has 0 saturated carbocycles. The summed E-state index contributed by atoms with van der Waals surface area (Å²) in [4.78, 5) is 14.9. The van der Waals surface area contributed by atoms with Crippen molar-refractivity contribution in [2.75, 3.05) is 23.4 Å². The van der Waals surface area contributed by atoms with Crippen LogP contribution in [0.1, 0.15) is 22.2 Å². The van der Waals surface area contributed by atoms with Crippen LogP contribution in [0.15, 0.2) is 47.8 Å². The highest BCUT2D eigenvalue weighted by Gasteiger charge is 2.35. The zero-order valence-electron chi connectivity index (χ0n) is 13.6. The number of para-hydroxylation sites is 1. The predicted octanol–water partition coefficient (Wildman–Crippen LogP) is 3.08. The SMILES string of the molecule is O=C1c2ccccc2N[C@H](c2csnn2)N1c1ccc2c(c1)OCCO2. The van der Waals surface area contributed by atoms with E-state index in [1.54, 1.807) is 4.90 Å². The van der Waals surface area contributed by atoms with Crippen molar-refractivity contribution in [3.63, 3.8) is 0 Å². The van der Waals surface area contributed by atoms with Crippen molar-refractivity contribution in [1.82, 2.24) is 9.59 Å². The molecule has 130 valence electrons. The number of carbonyl (C=O) groups is 1. The average molecular weight is 366 g/mol. The Bertz CT molecular complexity index is 976. The molecule has 2 aliphatic heterocycles. The second-order valence-corrected chi connectivity index (χ2v) is 6.54. The van der Waals surface area contributed by atoms with E-state index in [4.69, 9.17) is 9.47 Å². The van der Waals surface area contributed by atoms with Crippen LogP contribution in [0.5, 0.6) is 11.5 Å². The first kappa shape index (κ1) is 15.2. The van der Waals surface area contributed by atoms with Crippen molar-refractivity contribution in [3.8, 4) is 11.5 Å². The zero-order valence-corrected chi connectivity index (χ0v) is 14.4. The molecule has 1 amide bonds. The lowest BCUT2D eigenvalue weighted by Gasteiger charge is -2.37. The number of nitrogens with one attached hydrogen (secondary N) is 1. The van der Waals surface area contributed by atoms with Crippen LogP contribution in [-0.4, -0.2) is 28.7 Å². The van der Waals surface area contributed by atoms with Gasteiger partial charge in [-0.2, -0.15) is 0 Å².